The zero-order valence-corrected chi connectivity index (χ0v) is 12.1. The van der Waals surface area contributed by atoms with Gasteiger partial charge in [0.1, 0.15) is 0 Å². The van der Waals surface area contributed by atoms with Gasteiger partial charge in [0.05, 0.1) is 25.0 Å². The monoisotopic (exact) mass is 305 g/mol. The third kappa shape index (κ3) is 3.09. The molecule has 1 aliphatic carbocycles. The molecule has 2 N–H and O–H groups in total. The summed E-state index contributed by atoms with van der Waals surface area (Å²) in [4.78, 5) is 12.2. The lowest BCUT2D eigenvalue weighted by atomic mass is 10.1. The van der Waals surface area contributed by atoms with E-state index in [9.17, 15) is 4.79 Å². The number of anilines is 1. The zero-order chi connectivity index (χ0) is 14.8. The minimum absolute atomic E-state index is 0.0107. The molecule has 1 amide bonds. The summed E-state index contributed by atoms with van der Waals surface area (Å²) >= 11 is 6.16. The van der Waals surface area contributed by atoms with Crippen molar-refractivity contribution in [1.82, 2.24) is 9.78 Å². The Bertz CT molecular complexity index is 656. The highest BCUT2D eigenvalue weighted by molar-refractivity contribution is 6.31. The average molecular weight is 306 g/mol. The molecule has 2 aromatic rings. The van der Waals surface area contributed by atoms with Crippen LogP contribution < -0.4 is 5.32 Å². The van der Waals surface area contributed by atoms with Crippen molar-refractivity contribution in [2.24, 2.45) is 5.92 Å². The Balaban J connectivity index is 1.61. The minimum atomic E-state index is -0.0360. The number of halogens is 1. The molecule has 1 fully saturated rings. The molecular formula is C15H16ClN3O2. The molecule has 2 unspecified atom stereocenters. The summed E-state index contributed by atoms with van der Waals surface area (Å²) in [5, 5.41) is 16.5. The van der Waals surface area contributed by atoms with Gasteiger partial charge in [-0.1, -0.05) is 29.8 Å². The summed E-state index contributed by atoms with van der Waals surface area (Å²) in [5.74, 6) is 0.153. The van der Waals surface area contributed by atoms with Crippen molar-refractivity contribution in [3.8, 4) is 0 Å². The molecule has 21 heavy (non-hydrogen) atoms. The molecule has 1 aromatic heterocycles. The minimum Gasteiger partial charge on any atom is -0.394 e. The van der Waals surface area contributed by atoms with Crippen LogP contribution in [0.2, 0.25) is 5.02 Å². The van der Waals surface area contributed by atoms with Crippen LogP contribution in [0.1, 0.15) is 17.9 Å². The lowest BCUT2D eigenvalue weighted by molar-refractivity contribution is -0.117. The highest BCUT2D eigenvalue weighted by Crippen LogP contribution is 2.49. The number of rotatable bonds is 5. The molecule has 3 rings (SSSR count). The Morgan fingerprint density at radius 1 is 1.48 bits per heavy atom. The fraction of sp³-hybridized carbons (Fsp3) is 0.333. The first kappa shape index (κ1) is 14.1. The molecule has 0 aliphatic heterocycles. The van der Waals surface area contributed by atoms with Crippen molar-refractivity contribution >= 4 is 23.2 Å². The first-order valence-corrected chi connectivity index (χ1v) is 7.25. The van der Waals surface area contributed by atoms with Crippen molar-refractivity contribution in [3.05, 3.63) is 47.2 Å². The van der Waals surface area contributed by atoms with Crippen molar-refractivity contribution in [2.45, 2.75) is 18.9 Å². The molecule has 1 saturated carbocycles. The lowest BCUT2D eigenvalue weighted by Crippen LogP contribution is -2.14. The Morgan fingerprint density at radius 3 is 3.05 bits per heavy atom. The van der Waals surface area contributed by atoms with Gasteiger partial charge in [0.2, 0.25) is 5.91 Å². The van der Waals surface area contributed by atoms with Crippen LogP contribution in [0.15, 0.2) is 36.7 Å². The van der Waals surface area contributed by atoms with Gasteiger partial charge in [-0.2, -0.15) is 5.10 Å². The molecule has 2 atom stereocenters. The predicted molar refractivity (Wildman–Crippen MR) is 80.2 cm³/mol. The van der Waals surface area contributed by atoms with Crippen LogP contribution in [-0.2, 0) is 11.3 Å². The largest absolute Gasteiger partial charge is 0.394 e. The molecule has 1 aliphatic rings. The standard InChI is InChI=1S/C15H16ClN3O2/c16-14-4-2-1-3-11(14)12-7-13(12)15(21)18-10-8-17-19(9-10)5-6-20/h1-4,8-9,12-13,20H,5-7H2,(H,18,21). The zero-order valence-electron chi connectivity index (χ0n) is 11.4. The molecule has 0 saturated heterocycles. The number of nitrogens with zero attached hydrogens (tertiary/aromatic N) is 2. The van der Waals surface area contributed by atoms with E-state index < -0.39 is 0 Å². The number of carbonyl (C=O) groups excluding carboxylic acids is 1. The number of hydrogen-bond donors (Lipinski definition) is 2. The maximum absolute atomic E-state index is 12.2. The van der Waals surface area contributed by atoms with Gasteiger partial charge in [-0.3, -0.25) is 9.48 Å². The molecule has 5 nitrogen and oxygen atoms in total. The Kier molecular flexibility index (Phi) is 3.94. The lowest BCUT2D eigenvalue weighted by Gasteiger charge is -2.04. The van der Waals surface area contributed by atoms with Crippen molar-refractivity contribution in [3.63, 3.8) is 0 Å². The molecule has 110 valence electrons. The van der Waals surface area contributed by atoms with Crippen molar-refractivity contribution in [2.75, 3.05) is 11.9 Å². The van der Waals surface area contributed by atoms with Crippen LogP contribution in [0.5, 0.6) is 0 Å². The average Bonchev–Trinajstić information content (AvgIpc) is 3.15. The van der Waals surface area contributed by atoms with Crippen molar-refractivity contribution < 1.29 is 9.90 Å². The van der Waals surface area contributed by atoms with E-state index in [0.717, 1.165) is 12.0 Å². The van der Waals surface area contributed by atoms with E-state index in [1.807, 2.05) is 24.3 Å². The van der Waals surface area contributed by atoms with Gasteiger partial charge in [0, 0.05) is 17.1 Å². The van der Waals surface area contributed by atoms with Gasteiger partial charge < -0.3 is 10.4 Å². The number of aliphatic hydroxyl groups is 1. The number of aliphatic hydroxyl groups excluding tert-OH is 1. The smallest absolute Gasteiger partial charge is 0.228 e. The number of aromatic nitrogens is 2. The van der Waals surface area contributed by atoms with E-state index in [4.69, 9.17) is 16.7 Å². The molecule has 0 bridgehead atoms. The first-order chi connectivity index (χ1) is 10.2. The maximum atomic E-state index is 12.2. The van der Waals surface area contributed by atoms with Gasteiger partial charge in [-0.15, -0.1) is 0 Å². The van der Waals surface area contributed by atoms with Gasteiger partial charge >= 0.3 is 0 Å². The number of amides is 1. The molecule has 0 spiro atoms. The van der Waals surface area contributed by atoms with E-state index in [0.29, 0.717) is 17.3 Å². The van der Waals surface area contributed by atoms with E-state index in [1.165, 1.54) is 0 Å². The summed E-state index contributed by atoms with van der Waals surface area (Å²) in [6.45, 7) is 0.438. The topological polar surface area (TPSA) is 67.2 Å². The van der Waals surface area contributed by atoms with Crippen LogP contribution >= 0.6 is 11.6 Å². The predicted octanol–water partition coefficient (Wildman–Crippen LogP) is 2.27. The molecule has 1 heterocycles. The first-order valence-electron chi connectivity index (χ1n) is 6.87. The van der Waals surface area contributed by atoms with E-state index >= 15 is 0 Å². The van der Waals surface area contributed by atoms with Gasteiger partial charge in [0.25, 0.3) is 0 Å². The number of carbonyl (C=O) groups is 1. The van der Waals surface area contributed by atoms with E-state index in [2.05, 4.69) is 10.4 Å². The summed E-state index contributed by atoms with van der Waals surface area (Å²) in [6.07, 6.45) is 4.11. The van der Waals surface area contributed by atoms with Crippen molar-refractivity contribution in [1.29, 1.82) is 0 Å². The van der Waals surface area contributed by atoms with E-state index in [-0.39, 0.29) is 24.3 Å². The van der Waals surface area contributed by atoms with Crippen LogP contribution in [0.25, 0.3) is 0 Å². The normalized spacial score (nSPS) is 20.3. The maximum Gasteiger partial charge on any atom is 0.228 e. The summed E-state index contributed by atoms with van der Waals surface area (Å²) in [7, 11) is 0. The molecule has 6 heteroatoms. The fourth-order valence-corrected chi connectivity index (χ4v) is 2.77. The third-order valence-electron chi connectivity index (χ3n) is 3.66. The second-order valence-electron chi connectivity index (χ2n) is 5.18. The van der Waals surface area contributed by atoms with Crippen LogP contribution in [0, 0.1) is 5.92 Å². The third-order valence-corrected chi connectivity index (χ3v) is 4.01. The van der Waals surface area contributed by atoms with Gasteiger partial charge in [0.15, 0.2) is 0 Å². The van der Waals surface area contributed by atoms with Crippen LogP contribution in [0.3, 0.4) is 0 Å². The van der Waals surface area contributed by atoms with Gasteiger partial charge in [-0.05, 0) is 24.0 Å². The fourth-order valence-electron chi connectivity index (χ4n) is 2.49. The SMILES string of the molecule is O=C(Nc1cnn(CCO)c1)C1CC1c1ccccc1Cl. The second kappa shape index (κ2) is 5.87. The highest BCUT2D eigenvalue weighted by atomic mass is 35.5. The summed E-state index contributed by atoms with van der Waals surface area (Å²) in [5.41, 5.74) is 1.69. The molecule has 0 radical (unpaired) electrons. The van der Waals surface area contributed by atoms with E-state index in [1.54, 1.807) is 17.1 Å². The molecule has 1 aromatic carbocycles. The molecular weight excluding hydrogens is 290 g/mol. The Hall–Kier alpha value is -1.85. The Morgan fingerprint density at radius 2 is 2.29 bits per heavy atom. The van der Waals surface area contributed by atoms with Gasteiger partial charge in [-0.25, -0.2) is 0 Å². The summed E-state index contributed by atoms with van der Waals surface area (Å²) < 4.78 is 1.59. The van der Waals surface area contributed by atoms with Crippen LogP contribution in [0.4, 0.5) is 5.69 Å². The second-order valence-corrected chi connectivity index (χ2v) is 5.58. The van der Waals surface area contributed by atoms with Crippen LogP contribution in [-0.4, -0.2) is 27.4 Å². The number of benzene rings is 1. The number of hydrogen-bond acceptors (Lipinski definition) is 3. The summed E-state index contributed by atoms with van der Waals surface area (Å²) in [6, 6.07) is 7.65. The Labute approximate surface area is 127 Å². The quantitative estimate of drug-likeness (QED) is 0.890. The highest BCUT2D eigenvalue weighted by Gasteiger charge is 2.44. The number of nitrogens with one attached hydrogen (secondary N) is 1.